The van der Waals surface area contributed by atoms with Crippen molar-refractivity contribution in [2.45, 2.75) is 20.0 Å². The maximum atomic E-state index is 11.6. The molecule has 0 aromatic carbocycles. The summed E-state index contributed by atoms with van der Waals surface area (Å²) < 4.78 is 5.40. The second kappa shape index (κ2) is 5.83. The Labute approximate surface area is 98.6 Å². The number of carbonyl (C=O) groups is 2. The second-order valence-corrected chi connectivity index (χ2v) is 3.59. The zero-order valence-electron chi connectivity index (χ0n) is 9.64. The van der Waals surface area contributed by atoms with Gasteiger partial charge in [-0.25, -0.2) is 4.98 Å². The van der Waals surface area contributed by atoms with Crippen LogP contribution < -0.4 is 10.1 Å². The first-order valence-corrected chi connectivity index (χ1v) is 5.12. The summed E-state index contributed by atoms with van der Waals surface area (Å²) >= 11 is 0. The molecule has 0 aliphatic rings. The van der Waals surface area contributed by atoms with Gasteiger partial charge in [0.25, 0.3) is 5.91 Å². The van der Waals surface area contributed by atoms with Gasteiger partial charge in [-0.1, -0.05) is 0 Å². The molecule has 1 heterocycles. The van der Waals surface area contributed by atoms with E-state index in [0.29, 0.717) is 5.75 Å². The number of aliphatic carboxylic acids is 1. The van der Waals surface area contributed by atoms with Crippen molar-refractivity contribution in [1.29, 1.82) is 0 Å². The van der Waals surface area contributed by atoms with Crippen LogP contribution in [-0.2, 0) is 4.79 Å². The number of carbonyl (C=O) groups excluding carboxylic acids is 1. The molecule has 2 N–H and O–H groups in total. The Hall–Kier alpha value is -2.11. The Morgan fingerprint density at radius 1 is 1.53 bits per heavy atom. The maximum absolute atomic E-state index is 11.6. The highest BCUT2D eigenvalue weighted by atomic mass is 16.5. The van der Waals surface area contributed by atoms with E-state index < -0.39 is 18.4 Å². The van der Waals surface area contributed by atoms with Gasteiger partial charge in [0.2, 0.25) is 0 Å². The fourth-order valence-electron chi connectivity index (χ4n) is 1.15. The molecule has 1 aromatic heterocycles. The monoisotopic (exact) mass is 238 g/mol. The summed E-state index contributed by atoms with van der Waals surface area (Å²) in [4.78, 5) is 25.8. The fraction of sp³-hybridized carbons (Fsp3) is 0.364. The normalized spacial score (nSPS) is 10.1. The van der Waals surface area contributed by atoms with Crippen LogP contribution in [0.2, 0.25) is 0 Å². The van der Waals surface area contributed by atoms with Gasteiger partial charge in [-0.3, -0.25) is 9.59 Å². The fourth-order valence-corrected chi connectivity index (χ4v) is 1.15. The SMILES string of the molecule is CC(C)Oc1cccnc1C(=O)NCC(=O)O. The molecule has 1 rings (SSSR count). The third-order valence-corrected chi connectivity index (χ3v) is 1.75. The highest BCUT2D eigenvalue weighted by Crippen LogP contribution is 2.16. The third kappa shape index (κ3) is 4.10. The second-order valence-electron chi connectivity index (χ2n) is 3.59. The Kier molecular flexibility index (Phi) is 4.45. The molecule has 0 unspecified atom stereocenters. The zero-order chi connectivity index (χ0) is 12.8. The van der Waals surface area contributed by atoms with E-state index in [-0.39, 0.29) is 11.8 Å². The molecular weight excluding hydrogens is 224 g/mol. The van der Waals surface area contributed by atoms with Crippen molar-refractivity contribution in [3.63, 3.8) is 0 Å². The number of carboxylic acid groups (broad SMARTS) is 1. The highest BCUT2D eigenvalue weighted by molar-refractivity contribution is 5.96. The molecule has 6 heteroatoms. The molecule has 0 fully saturated rings. The van der Waals surface area contributed by atoms with Crippen LogP contribution in [0.15, 0.2) is 18.3 Å². The number of hydrogen-bond donors (Lipinski definition) is 2. The lowest BCUT2D eigenvalue weighted by Crippen LogP contribution is -2.30. The lowest BCUT2D eigenvalue weighted by molar-refractivity contribution is -0.135. The number of rotatable bonds is 5. The zero-order valence-corrected chi connectivity index (χ0v) is 9.64. The summed E-state index contributed by atoms with van der Waals surface area (Å²) in [7, 11) is 0. The molecule has 6 nitrogen and oxygen atoms in total. The molecule has 0 saturated carbocycles. The summed E-state index contributed by atoms with van der Waals surface area (Å²) in [5, 5.41) is 10.7. The molecule has 1 amide bonds. The van der Waals surface area contributed by atoms with Crippen LogP contribution in [0.4, 0.5) is 0 Å². The average molecular weight is 238 g/mol. The van der Waals surface area contributed by atoms with Crippen molar-refractivity contribution in [3.8, 4) is 5.75 Å². The number of hydrogen-bond acceptors (Lipinski definition) is 4. The molecule has 0 aliphatic carbocycles. The lowest BCUT2D eigenvalue weighted by atomic mass is 10.3. The molecule has 0 radical (unpaired) electrons. The van der Waals surface area contributed by atoms with E-state index in [4.69, 9.17) is 9.84 Å². The van der Waals surface area contributed by atoms with Crippen LogP contribution in [0.1, 0.15) is 24.3 Å². The molecular formula is C11H14N2O4. The van der Waals surface area contributed by atoms with Crippen LogP contribution in [0.25, 0.3) is 0 Å². The number of nitrogens with zero attached hydrogens (tertiary/aromatic N) is 1. The van der Waals surface area contributed by atoms with Crippen LogP contribution >= 0.6 is 0 Å². The van der Waals surface area contributed by atoms with Gasteiger partial charge >= 0.3 is 5.97 Å². The van der Waals surface area contributed by atoms with Crippen molar-refractivity contribution in [2.24, 2.45) is 0 Å². The smallest absolute Gasteiger partial charge is 0.322 e. The molecule has 0 atom stereocenters. The molecule has 0 aliphatic heterocycles. The van der Waals surface area contributed by atoms with Crippen LogP contribution in [-0.4, -0.2) is 34.6 Å². The molecule has 0 bridgehead atoms. The van der Waals surface area contributed by atoms with E-state index in [0.717, 1.165) is 0 Å². The van der Waals surface area contributed by atoms with Crippen molar-refractivity contribution >= 4 is 11.9 Å². The first-order chi connectivity index (χ1) is 8.00. The summed E-state index contributed by atoms with van der Waals surface area (Å²) in [6.07, 6.45) is 1.35. The van der Waals surface area contributed by atoms with E-state index in [9.17, 15) is 9.59 Å². The summed E-state index contributed by atoms with van der Waals surface area (Å²) in [5.74, 6) is -1.34. The number of pyridine rings is 1. The predicted molar refractivity (Wildman–Crippen MR) is 60.0 cm³/mol. The van der Waals surface area contributed by atoms with Crippen molar-refractivity contribution in [1.82, 2.24) is 10.3 Å². The number of carboxylic acids is 1. The lowest BCUT2D eigenvalue weighted by Gasteiger charge is -2.12. The van der Waals surface area contributed by atoms with Crippen molar-refractivity contribution < 1.29 is 19.4 Å². The molecule has 17 heavy (non-hydrogen) atoms. The minimum absolute atomic E-state index is 0.0856. The third-order valence-electron chi connectivity index (χ3n) is 1.75. The van der Waals surface area contributed by atoms with Crippen molar-refractivity contribution in [2.75, 3.05) is 6.54 Å². The first kappa shape index (κ1) is 13.0. The van der Waals surface area contributed by atoms with Gasteiger partial charge in [0.05, 0.1) is 6.10 Å². The van der Waals surface area contributed by atoms with Gasteiger partial charge < -0.3 is 15.2 Å². The van der Waals surface area contributed by atoms with Gasteiger partial charge in [-0.2, -0.15) is 0 Å². The average Bonchev–Trinajstić information content (AvgIpc) is 2.25. The highest BCUT2D eigenvalue weighted by Gasteiger charge is 2.15. The summed E-state index contributed by atoms with van der Waals surface area (Å²) in [6, 6.07) is 3.26. The van der Waals surface area contributed by atoms with Gasteiger partial charge in [-0.15, -0.1) is 0 Å². The Bertz CT molecular complexity index is 418. The minimum Gasteiger partial charge on any atom is -0.489 e. The predicted octanol–water partition coefficient (Wildman–Crippen LogP) is 0.683. The van der Waals surface area contributed by atoms with E-state index in [1.165, 1.54) is 6.20 Å². The Morgan fingerprint density at radius 3 is 2.82 bits per heavy atom. The number of nitrogens with one attached hydrogen (secondary N) is 1. The van der Waals surface area contributed by atoms with E-state index in [1.807, 2.05) is 13.8 Å². The van der Waals surface area contributed by atoms with Gasteiger partial charge in [0.15, 0.2) is 11.4 Å². The Balaban J connectivity index is 2.81. The number of ether oxygens (including phenoxy) is 1. The number of aromatic nitrogens is 1. The van der Waals surface area contributed by atoms with Gasteiger partial charge in [-0.05, 0) is 26.0 Å². The van der Waals surface area contributed by atoms with Gasteiger partial charge in [0.1, 0.15) is 6.54 Å². The molecule has 1 aromatic rings. The minimum atomic E-state index is -1.11. The largest absolute Gasteiger partial charge is 0.489 e. The van der Waals surface area contributed by atoms with E-state index in [1.54, 1.807) is 12.1 Å². The quantitative estimate of drug-likeness (QED) is 0.787. The standard InChI is InChI=1S/C11H14N2O4/c1-7(2)17-8-4-3-5-12-10(8)11(16)13-6-9(14)15/h3-5,7H,6H2,1-2H3,(H,13,16)(H,14,15). The van der Waals surface area contributed by atoms with Crippen LogP contribution in [0, 0.1) is 0 Å². The Morgan fingerprint density at radius 2 is 2.24 bits per heavy atom. The topological polar surface area (TPSA) is 88.5 Å². The van der Waals surface area contributed by atoms with Gasteiger partial charge in [0, 0.05) is 6.20 Å². The molecule has 92 valence electrons. The van der Waals surface area contributed by atoms with Crippen LogP contribution in [0.5, 0.6) is 5.75 Å². The van der Waals surface area contributed by atoms with Crippen molar-refractivity contribution in [3.05, 3.63) is 24.0 Å². The van der Waals surface area contributed by atoms with E-state index >= 15 is 0 Å². The maximum Gasteiger partial charge on any atom is 0.322 e. The molecule has 0 saturated heterocycles. The number of amides is 1. The van der Waals surface area contributed by atoms with E-state index in [2.05, 4.69) is 10.3 Å². The summed E-state index contributed by atoms with van der Waals surface area (Å²) in [6.45, 7) is 3.20. The summed E-state index contributed by atoms with van der Waals surface area (Å²) in [5.41, 5.74) is 0.0856. The first-order valence-electron chi connectivity index (χ1n) is 5.12. The van der Waals surface area contributed by atoms with Crippen LogP contribution in [0.3, 0.4) is 0 Å². The molecule has 0 spiro atoms.